The number of nitrogens with zero attached hydrogens (tertiary/aromatic N) is 1. The van der Waals surface area contributed by atoms with Gasteiger partial charge in [0.25, 0.3) is 5.91 Å². The highest BCUT2D eigenvalue weighted by atomic mass is 32.1. The molecule has 0 bridgehead atoms. The number of anilines is 1. The number of aromatic nitrogens is 1. The minimum atomic E-state index is -0.711. The van der Waals surface area contributed by atoms with Crippen LogP contribution in [-0.4, -0.2) is 23.6 Å². The fourth-order valence-electron chi connectivity index (χ4n) is 3.26. The number of carbonyl (C=O) groups excluding carboxylic acids is 1. The third-order valence-electron chi connectivity index (χ3n) is 4.82. The molecule has 0 saturated carbocycles. The van der Waals surface area contributed by atoms with E-state index in [0.717, 1.165) is 16.8 Å². The van der Waals surface area contributed by atoms with Crippen LogP contribution in [0.3, 0.4) is 0 Å². The average molecular weight is 414 g/mol. The molecule has 0 aliphatic carbocycles. The number of ether oxygens (including phenoxy) is 2. The first kappa shape index (κ1) is 18.4. The lowest BCUT2D eigenvalue weighted by atomic mass is 10.0. The number of carbonyl (C=O) groups is 1. The van der Waals surface area contributed by atoms with Crippen molar-refractivity contribution < 1.29 is 14.3 Å². The van der Waals surface area contributed by atoms with Gasteiger partial charge in [0, 0.05) is 10.9 Å². The molecule has 0 unspecified atom stereocenters. The Balaban J connectivity index is 1.26. The molecule has 1 atom stereocenters. The topological polar surface area (TPSA) is 60.5 Å². The van der Waals surface area contributed by atoms with Gasteiger partial charge in [0.05, 0.1) is 5.69 Å². The van der Waals surface area contributed by atoms with Crippen LogP contribution in [0.1, 0.15) is 0 Å². The molecule has 0 fully saturated rings. The molecule has 1 aromatic heterocycles. The number of benzene rings is 3. The molecule has 2 heterocycles. The van der Waals surface area contributed by atoms with Crippen LogP contribution in [0.2, 0.25) is 0 Å². The van der Waals surface area contributed by atoms with Gasteiger partial charge >= 0.3 is 0 Å². The molecule has 4 aromatic rings. The van der Waals surface area contributed by atoms with Crippen LogP contribution in [0.25, 0.3) is 22.4 Å². The largest absolute Gasteiger partial charge is 0.485 e. The Morgan fingerprint density at radius 3 is 2.33 bits per heavy atom. The summed E-state index contributed by atoms with van der Waals surface area (Å²) >= 11 is 1.38. The van der Waals surface area contributed by atoms with E-state index in [0.29, 0.717) is 16.6 Å². The molecule has 0 radical (unpaired) electrons. The molecular weight excluding hydrogens is 396 g/mol. The van der Waals surface area contributed by atoms with Crippen LogP contribution in [0.15, 0.2) is 84.2 Å². The summed E-state index contributed by atoms with van der Waals surface area (Å²) in [6, 6.07) is 25.8. The van der Waals surface area contributed by atoms with Crippen molar-refractivity contribution in [2.45, 2.75) is 6.10 Å². The van der Waals surface area contributed by atoms with Crippen LogP contribution in [0.4, 0.5) is 5.13 Å². The molecule has 30 heavy (non-hydrogen) atoms. The molecule has 5 rings (SSSR count). The van der Waals surface area contributed by atoms with E-state index in [9.17, 15) is 4.79 Å². The normalized spacial score (nSPS) is 14.9. The first-order valence-electron chi connectivity index (χ1n) is 9.57. The molecule has 6 heteroatoms. The highest BCUT2D eigenvalue weighted by molar-refractivity contribution is 7.14. The number of hydrogen-bond donors (Lipinski definition) is 1. The Morgan fingerprint density at radius 2 is 1.53 bits per heavy atom. The molecule has 1 N–H and O–H groups in total. The quantitative estimate of drug-likeness (QED) is 0.495. The molecule has 1 aliphatic rings. The van der Waals surface area contributed by atoms with E-state index >= 15 is 0 Å². The van der Waals surface area contributed by atoms with Gasteiger partial charge in [-0.2, -0.15) is 0 Å². The van der Waals surface area contributed by atoms with Gasteiger partial charge in [-0.1, -0.05) is 66.7 Å². The maximum atomic E-state index is 12.6. The van der Waals surface area contributed by atoms with Crippen molar-refractivity contribution >= 4 is 22.4 Å². The van der Waals surface area contributed by atoms with Crippen molar-refractivity contribution in [3.8, 4) is 33.9 Å². The molecular formula is C24H18N2O3S. The van der Waals surface area contributed by atoms with E-state index < -0.39 is 6.10 Å². The van der Waals surface area contributed by atoms with Gasteiger partial charge < -0.3 is 9.47 Å². The van der Waals surface area contributed by atoms with E-state index in [4.69, 9.17) is 9.47 Å². The Kier molecular flexibility index (Phi) is 4.91. The minimum Gasteiger partial charge on any atom is -0.485 e. The summed E-state index contributed by atoms with van der Waals surface area (Å²) in [7, 11) is 0. The molecule has 5 nitrogen and oxygen atoms in total. The van der Waals surface area contributed by atoms with Crippen molar-refractivity contribution in [3.63, 3.8) is 0 Å². The number of fused-ring (bicyclic) bond motifs is 1. The fourth-order valence-corrected chi connectivity index (χ4v) is 3.99. The van der Waals surface area contributed by atoms with Crippen molar-refractivity contribution in [2.24, 2.45) is 0 Å². The van der Waals surface area contributed by atoms with Gasteiger partial charge in [-0.05, 0) is 23.3 Å². The molecule has 1 aliphatic heterocycles. The standard InChI is InChI=1S/C24H18N2O3S/c27-23(22-14-28-20-8-4-5-9-21(20)29-22)26-24-25-19(15-30-24)18-12-10-17(11-13-18)16-6-2-1-3-7-16/h1-13,15,22H,14H2,(H,25,26,27)/t22-/m1/s1. The van der Waals surface area contributed by atoms with Gasteiger partial charge in [0.15, 0.2) is 16.6 Å². The Labute approximate surface area is 177 Å². The lowest BCUT2D eigenvalue weighted by Crippen LogP contribution is -2.40. The van der Waals surface area contributed by atoms with Crippen molar-refractivity contribution in [1.82, 2.24) is 4.98 Å². The van der Waals surface area contributed by atoms with Crippen molar-refractivity contribution in [1.29, 1.82) is 0 Å². The van der Waals surface area contributed by atoms with Crippen molar-refractivity contribution in [2.75, 3.05) is 11.9 Å². The smallest absolute Gasteiger partial charge is 0.270 e. The van der Waals surface area contributed by atoms with Crippen LogP contribution >= 0.6 is 11.3 Å². The monoisotopic (exact) mass is 414 g/mol. The van der Waals surface area contributed by atoms with Crippen LogP contribution in [0, 0.1) is 0 Å². The summed E-state index contributed by atoms with van der Waals surface area (Å²) in [6.07, 6.45) is -0.711. The average Bonchev–Trinajstić information content (AvgIpc) is 3.28. The highest BCUT2D eigenvalue weighted by Gasteiger charge is 2.27. The molecule has 148 valence electrons. The van der Waals surface area contributed by atoms with Crippen LogP contribution in [0.5, 0.6) is 11.5 Å². The molecule has 0 saturated heterocycles. The number of nitrogens with one attached hydrogen (secondary N) is 1. The minimum absolute atomic E-state index is 0.169. The maximum absolute atomic E-state index is 12.6. The molecule has 0 spiro atoms. The van der Waals surface area contributed by atoms with E-state index in [1.54, 1.807) is 6.07 Å². The summed E-state index contributed by atoms with van der Waals surface area (Å²) in [5.74, 6) is 0.948. The summed E-state index contributed by atoms with van der Waals surface area (Å²) in [4.78, 5) is 17.1. The van der Waals surface area contributed by atoms with Crippen molar-refractivity contribution in [3.05, 3.63) is 84.2 Å². The second-order valence-electron chi connectivity index (χ2n) is 6.83. The molecule has 1 amide bonds. The van der Waals surface area contributed by atoms with Gasteiger partial charge in [-0.3, -0.25) is 10.1 Å². The zero-order valence-corrected chi connectivity index (χ0v) is 16.8. The maximum Gasteiger partial charge on any atom is 0.270 e. The predicted molar refractivity (Wildman–Crippen MR) is 118 cm³/mol. The van der Waals surface area contributed by atoms with Gasteiger partial charge in [-0.15, -0.1) is 11.3 Å². The summed E-state index contributed by atoms with van der Waals surface area (Å²) in [5, 5.41) is 5.30. The van der Waals surface area contributed by atoms with Crippen LogP contribution in [-0.2, 0) is 4.79 Å². The third kappa shape index (κ3) is 3.77. The number of rotatable bonds is 4. The zero-order chi connectivity index (χ0) is 20.3. The number of hydrogen-bond acceptors (Lipinski definition) is 5. The Morgan fingerprint density at radius 1 is 0.867 bits per heavy atom. The van der Waals surface area contributed by atoms with E-state index in [1.807, 2.05) is 53.9 Å². The van der Waals surface area contributed by atoms with Gasteiger partial charge in [-0.25, -0.2) is 4.98 Å². The molecule has 3 aromatic carbocycles. The van der Waals surface area contributed by atoms with E-state index in [-0.39, 0.29) is 12.5 Å². The van der Waals surface area contributed by atoms with E-state index in [1.165, 1.54) is 16.9 Å². The second kappa shape index (κ2) is 8.00. The van der Waals surface area contributed by atoms with Crippen LogP contribution < -0.4 is 14.8 Å². The SMILES string of the molecule is O=C(Nc1nc(-c2ccc(-c3ccccc3)cc2)cs1)[C@H]1COc2ccccc2O1. The Bertz CT molecular complexity index is 1170. The first-order valence-corrected chi connectivity index (χ1v) is 10.4. The fraction of sp³-hybridized carbons (Fsp3) is 0.0833. The second-order valence-corrected chi connectivity index (χ2v) is 7.69. The van der Waals surface area contributed by atoms with Gasteiger partial charge in [0.2, 0.25) is 6.10 Å². The highest BCUT2D eigenvalue weighted by Crippen LogP contribution is 2.32. The predicted octanol–water partition coefficient (Wildman–Crippen LogP) is 5.26. The first-order chi connectivity index (χ1) is 14.8. The van der Waals surface area contributed by atoms with E-state index in [2.05, 4.69) is 34.6 Å². The number of amides is 1. The lowest BCUT2D eigenvalue weighted by molar-refractivity contribution is -0.125. The van der Waals surface area contributed by atoms with Gasteiger partial charge in [0.1, 0.15) is 6.61 Å². The summed E-state index contributed by atoms with van der Waals surface area (Å²) in [5.41, 5.74) is 4.14. The summed E-state index contributed by atoms with van der Waals surface area (Å²) < 4.78 is 11.4. The summed E-state index contributed by atoms with van der Waals surface area (Å²) in [6.45, 7) is 0.169. The zero-order valence-electron chi connectivity index (χ0n) is 15.9. The third-order valence-corrected chi connectivity index (χ3v) is 5.58. The Hall–Kier alpha value is -3.64. The lowest BCUT2D eigenvalue weighted by Gasteiger charge is -2.25. The number of para-hydroxylation sites is 2. The number of thiazole rings is 1.